The number of carbonyl (C=O) groups excluding carboxylic acids is 1. The molecule has 0 aliphatic heterocycles. The number of aliphatic hydroxyl groups excluding tert-OH is 5. The summed E-state index contributed by atoms with van der Waals surface area (Å²) < 4.78 is 5.33. The van der Waals surface area contributed by atoms with Crippen LogP contribution in [0.15, 0.2) is 12.7 Å². The fraction of sp³-hybridized carbons (Fsp3) is 0.786. The maximum absolute atomic E-state index is 11.0. The first-order valence-electron chi connectivity index (χ1n) is 7.01. The van der Waals surface area contributed by atoms with Gasteiger partial charge in [-0.1, -0.05) is 6.58 Å². The van der Waals surface area contributed by atoms with Crippen LogP contribution in [0.2, 0.25) is 0 Å². The molecule has 9 heteroatoms. The molecule has 9 nitrogen and oxygen atoms in total. The van der Waals surface area contributed by atoms with Crippen molar-refractivity contribution < 1.29 is 44.8 Å². The summed E-state index contributed by atoms with van der Waals surface area (Å²) in [5, 5.41) is 46.7. The van der Waals surface area contributed by atoms with E-state index in [1.807, 2.05) is 0 Å². The third kappa shape index (κ3) is 6.15. The van der Waals surface area contributed by atoms with Gasteiger partial charge in [0.15, 0.2) is 0 Å². The van der Waals surface area contributed by atoms with E-state index in [1.165, 1.54) is 6.92 Å². The summed E-state index contributed by atoms with van der Waals surface area (Å²) in [6.07, 6.45) is -0.0332. The number of hydrogen-bond donors (Lipinski definition) is 5. The fourth-order valence-corrected chi connectivity index (χ4v) is 1.53. The maximum Gasteiger partial charge on any atom is 0.365 e. The van der Waals surface area contributed by atoms with E-state index in [9.17, 15) is 30.3 Å². The molecule has 0 rings (SSSR count). The molecule has 0 spiro atoms. The Labute approximate surface area is 134 Å². The lowest BCUT2D eigenvalue weighted by Gasteiger charge is -2.35. The van der Waals surface area contributed by atoms with Crippen LogP contribution in [0.3, 0.4) is 0 Å². The van der Waals surface area contributed by atoms with Gasteiger partial charge in [0.05, 0.1) is 57.1 Å². The predicted octanol–water partition coefficient (Wildman–Crippen LogP) is -2.01. The Morgan fingerprint density at radius 2 is 1.57 bits per heavy atom. The monoisotopic (exact) mass is 338 g/mol. The number of aliphatic hydroxyl groups is 5. The van der Waals surface area contributed by atoms with Gasteiger partial charge in [-0.3, -0.25) is 4.89 Å². The normalized spacial score (nSPS) is 13.7. The van der Waals surface area contributed by atoms with Crippen LogP contribution in [0.4, 0.5) is 0 Å². The molecular formula is C14H26O9. The molecule has 0 aromatic rings. The summed E-state index contributed by atoms with van der Waals surface area (Å²) in [7, 11) is 0. The largest absolute Gasteiger partial charge is 0.396 e. The van der Waals surface area contributed by atoms with Crippen LogP contribution in [-0.4, -0.2) is 83.9 Å². The van der Waals surface area contributed by atoms with Crippen molar-refractivity contribution in [1.82, 2.24) is 0 Å². The molecule has 0 aromatic carbocycles. The van der Waals surface area contributed by atoms with Gasteiger partial charge in [-0.2, -0.15) is 4.89 Å². The Morgan fingerprint density at radius 3 is 1.96 bits per heavy atom. The molecule has 1 atom stereocenters. The molecular weight excluding hydrogens is 312 g/mol. The van der Waals surface area contributed by atoms with E-state index in [2.05, 4.69) is 11.5 Å². The third-order valence-corrected chi connectivity index (χ3v) is 3.74. The minimum atomic E-state index is -1.30. The zero-order valence-electron chi connectivity index (χ0n) is 13.2. The maximum atomic E-state index is 11.0. The Bertz CT molecular complexity index is 342. The highest BCUT2D eigenvalue weighted by molar-refractivity contribution is 5.80. The van der Waals surface area contributed by atoms with E-state index < -0.39 is 55.9 Å². The summed E-state index contributed by atoms with van der Waals surface area (Å²) >= 11 is 0. The van der Waals surface area contributed by atoms with Gasteiger partial charge in [-0.25, -0.2) is 4.79 Å². The summed E-state index contributed by atoms with van der Waals surface area (Å²) in [6.45, 7) is 1.62. The minimum absolute atomic E-state index is 0.211. The molecule has 5 N–H and O–H groups in total. The van der Waals surface area contributed by atoms with Crippen molar-refractivity contribution in [3.63, 3.8) is 0 Å². The highest BCUT2D eigenvalue weighted by Crippen LogP contribution is 2.26. The van der Waals surface area contributed by atoms with Crippen molar-refractivity contribution in [2.45, 2.75) is 13.0 Å². The zero-order chi connectivity index (χ0) is 17.9. The number of hydrogen-bond acceptors (Lipinski definition) is 9. The average Bonchev–Trinajstić information content (AvgIpc) is 2.60. The molecule has 0 aliphatic rings. The van der Waals surface area contributed by atoms with E-state index in [0.29, 0.717) is 0 Å². The third-order valence-electron chi connectivity index (χ3n) is 3.74. The summed E-state index contributed by atoms with van der Waals surface area (Å²) in [5.74, 6) is -0.831. The van der Waals surface area contributed by atoms with Crippen molar-refractivity contribution in [2.24, 2.45) is 10.8 Å². The molecule has 136 valence electrons. The van der Waals surface area contributed by atoms with E-state index >= 15 is 0 Å². The van der Waals surface area contributed by atoms with Crippen LogP contribution in [0.25, 0.3) is 0 Å². The molecule has 0 fully saturated rings. The Kier molecular flexibility index (Phi) is 10.2. The van der Waals surface area contributed by atoms with Crippen LogP contribution in [-0.2, 0) is 19.3 Å². The summed E-state index contributed by atoms with van der Waals surface area (Å²) in [6, 6.07) is 0. The van der Waals surface area contributed by atoms with Crippen LogP contribution in [0.1, 0.15) is 6.92 Å². The van der Waals surface area contributed by atoms with Gasteiger partial charge in [-0.15, -0.1) is 0 Å². The zero-order valence-corrected chi connectivity index (χ0v) is 13.2. The van der Waals surface area contributed by atoms with Gasteiger partial charge in [0.2, 0.25) is 0 Å². The number of carbonyl (C=O) groups is 1. The molecule has 0 bridgehead atoms. The smallest absolute Gasteiger partial charge is 0.365 e. The van der Waals surface area contributed by atoms with Crippen LogP contribution < -0.4 is 0 Å². The van der Waals surface area contributed by atoms with Gasteiger partial charge in [0, 0.05) is 6.08 Å². The first-order chi connectivity index (χ1) is 10.9. The fourth-order valence-electron chi connectivity index (χ4n) is 1.53. The minimum Gasteiger partial charge on any atom is -0.396 e. The van der Waals surface area contributed by atoms with E-state index in [1.54, 1.807) is 0 Å². The molecule has 0 saturated heterocycles. The van der Waals surface area contributed by atoms with Crippen LogP contribution >= 0.6 is 0 Å². The molecule has 0 amide bonds. The number of ether oxygens (including phenoxy) is 1. The SMILES string of the molecule is C=CC(=O)OOC(C)C(CO)(CO)COCC(CO)(CO)CO. The quantitative estimate of drug-likeness (QED) is 0.146. The summed E-state index contributed by atoms with van der Waals surface area (Å²) in [5.41, 5.74) is -2.54. The van der Waals surface area contributed by atoms with Crippen molar-refractivity contribution >= 4 is 5.97 Å². The van der Waals surface area contributed by atoms with Gasteiger partial charge >= 0.3 is 5.97 Å². The summed E-state index contributed by atoms with van der Waals surface area (Å²) in [4.78, 5) is 20.2. The van der Waals surface area contributed by atoms with Gasteiger partial charge in [-0.05, 0) is 6.92 Å². The van der Waals surface area contributed by atoms with Crippen molar-refractivity contribution in [3.8, 4) is 0 Å². The van der Waals surface area contributed by atoms with Crippen LogP contribution in [0, 0.1) is 10.8 Å². The van der Waals surface area contributed by atoms with Gasteiger partial charge in [0.25, 0.3) is 0 Å². The lowest BCUT2D eigenvalue weighted by molar-refractivity contribution is -0.319. The molecule has 0 radical (unpaired) electrons. The highest BCUT2D eigenvalue weighted by atomic mass is 17.2. The van der Waals surface area contributed by atoms with Crippen LogP contribution in [0.5, 0.6) is 0 Å². The van der Waals surface area contributed by atoms with Crippen molar-refractivity contribution in [3.05, 3.63) is 12.7 Å². The molecule has 0 aromatic heterocycles. The average molecular weight is 338 g/mol. The molecule has 23 heavy (non-hydrogen) atoms. The molecule has 0 aliphatic carbocycles. The van der Waals surface area contributed by atoms with Gasteiger partial charge < -0.3 is 30.3 Å². The molecule has 0 heterocycles. The Hall–Kier alpha value is -1.07. The van der Waals surface area contributed by atoms with Crippen molar-refractivity contribution in [2.75, 3.05) is 46.2 Å². The second kappa shape index (κ2) is 10.7. The van der Waals surface area contributed by atoms with E-state index in [-0.39, 0.29) is 13.2 Å². The molecule has 0 saturated carbocycles. The lowest BCUT2D eigenvalue weighted by atomic mass is 9.85. The van der Waals surface area contributed by atoms with Crippen molar-refractivity contribution in [1.29, 1.82) is 0 Å². The van der Waals surface area contributed by atoms with E-state index in [4.69, 9.17) is 9.62 Å². The first-order valence-corrected chi connectivity index (χ1v) is 7.01. The predicted molar refractivity (Wildman–Crippen MR) is 78.0 cm³/mol. The second-order valence-corrected chi connectivity index (χ2v) is 5.49. The van der Waals surface area contributed by atoms with E-state index in [0.717, 1.165) is 6.08 Å². The topological polar surface area (TPSA) is 146 Å². The van der Waals surface area contributed by atoms with Gasteiger partial charge in [0.1, 0.15) is 6.10 Å². The highest BCUT2D eigenvalue weighted by Gasteiger charge is 2.39. The first kappa shape index (κ1) is 21.9. The lowest BCUT2D eigenvalue weighted by Crippen LogP contribution is -2.47. The molecule has 1 unspecified atom stereocenters. The Morgan fingerprint density at radius 1 is 1.04 bits per heavy atom. The number of rotatable bonds is 13. The second-order valence-electron chi connectivity index (χ2n) is 5.49. The Balaban J connectivity index is 4.76. The standard InChI is InChI=1S/C14H26O9/c1-3-12(20)23-22-11(2)14(7-18,8-19)10-21-9-13(4-15,5-16)6-17/h3,11,15-19H,1,4-10H2,2H3.